The van der Waals surface area contributed by atoms with Gasteiger partial charge in [-0.05, 0) is 43.4 Å². The molecule has 0 heterocycles. The number of hydrogen-bond donors (Lipinski definition) is 0. The fraction of sp³-hybridized carbons (Fsp3) is 0.909. The van der Waals surface area contributed by atoms with E-state index in [1.54, 1.807) is 0 Å². The zero-order valence-electron chi connectivity index (χ0n) is 8.17. The maximum Gasteiger partial charge on any atom is 0.0689 e. The van der Waals surface area contributed by atoms with Crippen LogP contribution >= 0.6 is 0 Å². The Morgan fingerprint density at radius 2 is 2.00 bits per heavy atom. The zero-order chi connectivity index (χ0) is 8.93. The van der Waals surface area contributed by atoms with Crippen LogP contribution in [-0.2, 0) is 0 Å². The van der Waals surface area contributed by atoms with Crippen molar-refractivity contribution in [2.45, 2.75) is 33.6 Å². The van der Waals surface area contributed by atoms with Gasteiger partial charge in [-0.25, -0.2) is 0 Å². The van der Waals surface area contributed by atoms with E-state index in [-0.39, 0.29) is 5.41 Å². The Kier molecular flexibility index (Phi) is 1.52. The van der Waals surface area contributed by atoms with Crippen LogP contribution in [0.15, 0.2) is 0 Å². The van der Waals surface area contributed by atoms with Gasteiger partial charge in [0, 0.05) is 0 Å². The molecule has 12 heavy (non-hydrogen) atoms. The van der Waals surface area contributed by atoms with E-state index in [0.29, 0.717) is 5.92 Å². The molecule has 0 N–H and O–H groups in total. The number of fused-ring (bicyclic) bond motifs is 2. The Bertz CT molecular complexity index is 238. The topological polar surface area (TPSA) is 23.8 Å². The van der Waals surface area contributed by atoms with E-state index in [1.165, 1.54) is 6.42 Å². The summed E-state index contributed by atoms with van der Waals surface area (Å²) in [6.07, 6.45) is 2.46. The standard InChI is InChI=1S/C11H17N/c1-7-8(2)10-4-9(7)5-11(10,3)6-12/h7-10H,4-5H2,1-3H3. The minimum absolute atomic E-state index is 0.0105. The minimum atomic E-state index is 0.0105. The average Bonchev–Trinajstić information content (AvgIpc) is 2.52. The van der Waals surface area contributed by atoms with Gasteiger partial charge >= 0.3 is 0 Å². The van der Waals surface area contributed by atoms with E-state index in [2.05, 4.69) is 26.8 Å². The van der Waals surface area contributed by atoms with Crippen LogP contribution in [0.4, 0.5) is 0 Å². The number of nitriles is 1. The monoisotopic (exact) mass is 163 g/mol. The third-order valence-electron chi connectivity index (χ3n) is 4.52. The molecule has 5 unspecified atom stereocenters. The van der Waals surface area contributed by atoms with Gasteiger partial charge < -0.3 is 0 Å². The van der Waals surface area contributed by atoms with Crippen LogP contribution < -0.4 is 0 Å². The summed E-state index contributed by atoms with van der Waals surface area (Å²) in [5, 5.41) is 9.10. The molecule has 2 saturated carbocycles. The number of rotatable bonds is 0. The molecule has 5 atom stereocenters. The second-order valence-corrected chi connectivity index (χ2v) is 5.05. The normalized spacial score (nSPS) is 57.2. The molecular formula is C11H17N. The van der Waals surface area contributed by atoms with Crippen molar-refractivity contribution in [2.75, 3.05) is 0 Å². The van der Waals surface area contributed by atoms with Crippen LogP contribution in [0, 0.1) is 40.4 Å². The maximum atomic E-state index is 9.10. The summed E-state index contributed by atoms with van der Waals surface area (Å²) < 4.78 is 0. The first-order valence-electron chi connectivity index (χ1n) is 5.00. The van der Waals surface area contributed by atoms with Gasteiger partial charge in [-0.3, -0.25) is 0 Å². The lowest BCUT2D eigenvalue weighted by Gasteiger charge is -2.35. The van der Waals surface area contributed by atoms with Crippen molar-refractivity contribution in [3.05, 3.63) is 0 Å². The molecule has 0 spiro atoms. The SMILES string of the molecule is CC1C2CC(C1C)C(C)(C#N)C2. The highest BCUT2D eigenvalue weighted by molar-refractivity contribution is 5.12. The third kappa shape index (κ3) is 0.787. The van der Waals surface area contributed by atoms with Gasteiger partial charge in [0.25, 0.3) is 0 Å². The molecule has 2 bridgehead atoms. The molecule has 2 rings (SSSR count). The van der Waals surface area contributed by atoms with Crippen LogP contribution in [-0.4, -0.2) is 0 Å². The van der Waals surface area contributed by atoms with E-state index < -0.39 is 0 Å². The van der Waals surface area contributed by atoms with Crippen LogP contribution in [0.1, 0.15) is 33.6 Å². The highest BCUT2D eigenvalue weighted by Gasteiger charge is 2.55. The summed E-state index contributed by atoms with van der Waals surface area (Å²) in [7, 11) is 0. The lowest BCUT2D eigenvalue weighted by Crippen LogP contribution is -2.31. The maximum absolute atomic E-state index is 9.10. The van der Waals surface area contributed by atoms with Gasteiger partial charge in [-0.1, -0.05) is 13.8 Å². The average molecular weight is 163 g/mol. The van der Waals surface area contributed by atoms with Crippen molar-refractivity contribution >= 4 is 0 Å². The molecule has 0 aromatic carbocycles. The Hall–Kier alpha value is -0.510. The van der Waals surface area contributed by atoms with Crippen LogP contribution in [0.25, 0.3) is 0 Å². The summed E-state index contributed by atoms with van der Waals surface area (Å²) in [5.74, 6) is 3.15. The molecule has 0 aliphatic heterocycles. The minimum Gasteiger partial charge on any atom is -0.198 e. The lowest BCUT2D eigenvalue weighted by atomic mass is 9.68. The van der Waals surface area contributed by atoms with Crippen molar-refractivity contribution in [3.8, 4) is 6.07 Å². The van der Waals surface area contributed by atoms with Crippen LogP contribution in [0.5, 0.6) is 0 Å². The first kappa shape index (κ1) is 8.10. The van der Waals surface area contributed by atoms with Gasteiger partial charge in [0.05, 0.1) is 11.5 Å². The Balaban J connectivity index is 2.27. The fourth-order valence-electron chi connectivity index (χ4n) is 3.49. The highest BCUT2D eigenvalue weighted by atomic mass is 14.6. The molecule has 2 aliphatic carbocycles. The Morgan fingerprint density at radius 1 is 1.33 bits per heavy atom. The molecule has 1 nitrogen and oxygen atoms in total. The summed E-state index contributed by atoms with van der Waals surface area (Å²) in [6.45, 7) is 6.83. The fourth-order valence-corrected chi connectivity index (χ4v) is 3.49. The largest absolute Gasteiger partial charge is 0.198 e. The third-order valence-corrected chi connectivity index (χ3v) is 4.52. The van der Waals surface area contributed by atoms with Crippen molar-refractivity contribution in [2.24, 2.45) is 29.1 Å². The van der Waals surface area contributed by atoms with Crippen LogP contribution in [0.3, 0.4) is 0 Å². The molecule has 2 aliphatic rings. The summed E-state index contributed by atoms with van der Waals surface area (Å²) in [5.41, 5.74) is 0.0105. The second kappa shape index (κ2) is 2.25. The molecule has 0 radical (unpaired) electrons. The molecule has 1 heteroatoms. The highest BCUT2D eigenvalue weighted by Crippen LogP contribution is 2.60. The molecule has 0 saturated heterocycles. The molecular weight excluding hydrogens is 146 g/mol. The van der Waals surface area contributed by atoms with Crippen molar-refractivity contribution in [1.82, 2.24) is 0 Å². The predicted molar refractivity (Wildman–Crippen MR) is 48.3 cm³/mol. The van der Waals surface area contributed by atoms with E-state index in [4.69, 9.17) is 5.26 Å². The Labute approximate surface area is 74.8 Å². The summed E-state index contributed by atoms with van der Waals surface area (Å²) in [4.78, 5) is 0. The molecule has 0 aromatic rings. The molecule has 0 amide bonds. The van der Waals surface area contributed by atoms with Crippen LogP contribution in [0.2, 0.25) is 0 Å². The first-order valence-corrected chi connectivity index (χ1v) is 5.00. The van der Waals surface area contributed by atoms with Gasteiger partial charge in [0.15, 0.2) is 0 Å². The number of hydrogen-bond acceptors (Lipinski definition) is 1. The molecule has 2 fully saturated rings. The molecule has 66 valence electrons. The van der Waals surface area contributed by atoms with Crippen molar-refractivity contribution in [1.29, 1.82) is 5.26 Å². The van der Waals surface area contributed by atoms with Gasteiger partial charge in [-0.15, -0.1) is 0 Å². The van der Waals surface area contributed by atoms with Crippen molar-refractivity contribution in [3.63, 3.8) is 0 Å². The second-order valence-electron chi connectivity index (χ2n) is 5.05. The molecule has 0 aromatic heterocycles. The summed E-state index contributed by atoms with van der Waals surface area (Å²) >= 11 is 0. The van der Waals surface area contributed by atoms with Gasteiger partial charge in [0.2, 0.25) is 0 Å². The van der Waals surface area contributed by atoms with Gasteiger partial charge in [-0.2, -0.15) is 5.26 Å². The van der Waals surface area contributed by atoms with E-state index in [0.717, 1.165) is 24.2 Å². The Morgan fingerprint density at radius 3 is 2.42 bits per heavy atom. The van der Waals surface area contributed by atoms with E-state index in [1.807, 2.05) is 0 Å². The first-order chi connectivity index (χ1) is 5.58. The zero-order valence-corrected chi connectivity index (χ0v) is 8.17. The number of nitrogens with zero attached hydrogens (tertiary/aromatic N) is 1. The van der Waals surface area contributed by atoms with Gasteiger partial charge in [0.1, 0.15) is 0 Å². The quantitative estimate of drug-likeness (QED) is 0.538. The predicted octanol–water partition coefficient (Wildman–Crippen LogP) is 2.83. The van der Waals surface area contributed by atoms with Crippen molar-refractivity contribution < 1.29 is 0 Å². The van der Waals surface area contributed by atoms with E-state index in [9.17, 15) is 0 Å². The summed E-state index contributed by atoms with van der Waals surface area (Å²) in [6, 6.07) is 2.52. The van der Waals surface area contributed by atoms with E-state index >= 15 is 0 Å². The smallest absolute Gasteiger partial charge is 0.0689 e. The lowest BCUT2D eigenvalue weighted by molar-refractivity contribution is 0.150.